The van der Waals surface area contributed by atoms with Crippen LogP contribution in [0.1, 0.15) is 36.8 Å². The quantitative estimate of drug-likeness (QED) is 0.760. The number of rotatable bonds is 2. The average molecular weight is 368 g/mol. The van der Waals surface area contributed by atoms with Crippen molar-refractivity contribution in [2.24, 2.45) is 5.92 Å². The van der Waals surface area contributed by atoms with Gasteiger partial charge in [-0.15, -0.1) is 0 Å². The van der Waals surface area contributed by atoms with Gasteiger partial charge in [-0.1, -0.05) is 17.7 Å². The Balaban J connectivity index is 1.51. The Morgan fingerprint density at radius 3 is 2.81 bits per heavy atom. The van der Waals surface area contributed by atoms with Gasteiger partial charge in [0, 0.05) is 46.5 Å². The van der Waals surface area contributed by atoms with Crippen LogP contribution in [0.4, 0.5) is 11.5 Å². The molecule has 26 heavy (non-hydrogen) atoms. The van der Waals surface area contributed by atoms with E-state index in [1.54, 1.807) is 6.20 Å². The van der Waals surface area contributed by atoms with Crippen molar-refractivity contribution in [3.63, 3.8) is 0 Å². The maximum absolute atomic E-state index is 12.4. The van der Waals surface area contributed by atoms with Gasteiger partial charge in [0.2, 0.25) is 0 Å². The molecular formula is C20H18ClN3O2. The molecule has 0 bridgehead atoms. The van der Waals surface area contributed by atoms with E-state index in [9.17, 15) is 9.90 Å². The number of benzene rings is 1. The number of aromatic nitrogens is 1. The number of nitrogens with one attached hydrogen (secondary N) is 2. The summed E-state index contributed by atoms with van der Waals surface area (Å²) < 4.78 is 0. The van der Waals surface area contributed by atoms with Crippen molar-refractivity contribution in [1.29, 1.82) is 0 Å². The monoisotopic (exact) mass is 367 g/mol. The predicted molar refractivity (Wildman–Crippen MR) is 99.3 cm³/mol. The first-order valence-electron chi connectivity index (χ1n) is 9.14. The van der Waals surface area contributed by atoms with E-state index in [0.29, 0.717) is 11.3 Å². The molecule has 132 valence electrons. The molecule has 1 atom stereocenters. The summed E-state index contributed by atoms with van der Waals surface area (Å²) in [6.45, 7) is 0.905. The van der Waals surface area contributed by atoms with Crippen LogP contribution in [-0.2, 0) is 15.8 Å². The second kappa shape index (κ2) is 4.59. The molecule has 0 radical (unpaired) electrons. The largest absolute Gasteiger partial charge is 0.375 e. The number of hydrogen-bond donors (Lipinski definition) is 3. The van der Waals surface area contributed by atoms with Gasteiger partial charge in [-0.25, -0.2) is 4.98 Å². The third kappa shape index (κ3) is 1.75. The number of aliphatic hydroxyl groups is 1. The topological polar surface area (TPSA) is 74.2 Å². The van der Waals surface area contributed by atoms with Crippen LogP contribution in [0.15, 0.2) is 24.4 Å². The molecule has 5 nitrogen and oxygen atoms in total. The summed E-state index contributed by atoms with van der Waals surface area (Å²) in [5.74, 6) is 0.585. The highest BCUT2D eigenvalue weighted by Gasteiger charge is 2.55. The van der Waals surface area contributed by atoms with Crippen molar-refractivity contribution in [3.8, 4) is 11.1 Å². The maximum Gasteiger partial charge on any atom is 0.261 e. The van der Waals surface area contributed by atoms with Gasteiger partial charge in [-0.3, -0.25) is 4.79 Å². The third-order valence-electron chi connectivity index (χ3n) is 6.50. The van der Waals surface area contributed by atoms with E-state index < -0.39 is 5.60 Å². The minimum absolute atomic E-state index is 0.00607. The van der Waals surface area contributed by atoms with E-state index in [0.717, 1.165) is 59.8 Å². The van der Waals surface area contributed by atoms with Gasteiger partial charge in [0.25, 0.3) is 5.91 Å². The minimum Gasteiger partial charge on any atom is -0.375 e. The first-order valence-corrected chi connectivity index (χ1v) is 9.52. The van der Waals surface area contributed by atoms with Crippen LogP contribution >= 0.6 is 11.6 Å². The zero-order chi connectivity index (χ0) is 17.7. The molecule has 2 aliphatic carbocycles. The summed E-state index contributed by atoms with van der Waals surface area (Å²) >= 11 is 6.81. The number of nitrogens with zero attached hydrogens (tertiary/aromatic N) is 1. The Kier molecular flexibility index (Phi) is 2.65. The lowest BCUT2D eigenvalue weighted by molar-refractivity contribution is -0.135. The first-order chi connectivity index (χ1) is 12.5. The lowest BCUT2D eigenvalue weighted by Gasteiger charge is -2.21. The molecule has 6 heteroatoms. The molecule has 3 heterocycles. The van der Waals surface area contributed by atoms with Gasteiger partial charge < -0.3 is 15.7 Å². The number of halogens is 1. The van der Waals surface area contributed by atoms with Gasteiger partial charge in [-0.05, 0) is 43.4 Å². The number of carbonyl (C=O) groups is 1. The van der Waals surface area contributed by atoms with E-state index in [-0.39, 0.29) is 17.2 Å². The minimum atomic E-state index is -1.42. The molecule has 2 aliphatic heterocycles. The molecule has 2 fully saturated rings. The number of anilines is 2. The lowest BCUT2D eigenvalue weighted by atomic mass is 9.88. The predicted octanol–water partition coefficient (Wildman–Crippen LogP) is 3.41. The smallest absolute Gasteiger partial charge is 0.261 e. The van der Waals surface area contributed by atoms with Gasteiger partial charge in [0.15, 0.2) is 5.60 Å². The second-order valence-electron chi connectivity index (χ2n) is 8.10. The summed E-state index contributed by atoms with van der Waals surface area (Å²) in [7, 11) is 0. The fourth-order valence-electron chi connectivity index (χ4n) is 4.61. The number of pyridine rings is 1. The molecule has 6 rings (SSSR count). The normalized spacial score (nSPS) is 27.1. The zero-order valence-corrected chi connectivity index (χ0v) is 14.9. The summed E-state index contributed by atoms with van der Waals surface area (Å²) in [4.78, 5) is 17.0. The van der Waals surface area contributed by atoms with Gasteiger partial charge in [0.05, 0.1) is 5.02 Å². The van der Waals surface area contributed by atoms with Crippen LogP contribution in [-0.4, -0.2) is 22.5 Å². The molecule has 2 aromatic rings. The molecule has 3 N–H and O–H groups in total. The molecule has 1 aromatic carbocycles. The Morgan fingerprint density at radius 1 is 1.27 bits per heavy atom. The van der Waals surface area contributed by atoms with E-state index in [1.807, 2.05) is 18.2 Å². The van der Waals surface area contributed by atoms with E-state index in [2.05, 4.69) is 15.6 Å². The van der Waals surface area contributed by atoms with E-state index in [4.69, 9.17) is 11.6 Å². The molecule has 1 aromatic heterocycles. The Bertz CT molecular complexity index is 997. The number of hydrogen-bond acceptors (Lipinski definition) is 4. The van der Waals surface area contributed by atoms with Gasteiger partial charge in [-0.2, -0.15) is 0 Å². The van der Waals surface area contributed by atoms with E-state index >= 15 is 0 Å². The zero-order valence-electron chi connectivity index (χ0n) is 14.1. The van der Waals surface area contributed by atoms with Crippen LogP contribution in [0.2, 0.25) is 5.02 Å². The highest BCUT2D eigenvalue weighted by Crippen LogP contribution is 2.57. The van der Waals surface area contributed by atoms with Crippen LogP contribution in [0, 0.1) is 5.92 Å². The fourth-order valence-corrected chi connectivity index (χ4v) is 5.06. The van der Waals surface area contributed by atoms with Crippen molar-refractivity contribution in [3.05, 3.63) is 40.5 Å². The lowest BCUT2D eigenvalue weighted by Crippen LogP contribution is -2.36. The maximum atomic E-state index is 12.4. The average Bonchev–Trinajstić information content (AvgIpc) is 3.53. The SMILES string of the molecule is O=C1Nc2ccc(-c3cnc4c(c3Cl)C3(CC3)CN4)cc2[C@]1(O)C1CC1. The fraction of sp³-hybridized carbons (Fsp3) is 0.400. The van der Waals surface area contributed by atoms with E-state index in [1.165, 1.54) is 0 Å². The summed E-state index contributed by atoms with van der Waals surface area (Å²) in [6.07, 6.45) is 5.83. The summed E-state index contributed by atoms with van der Waals surface area (Å²) in [6, 6.07) is 5.70. The number of amides is 1. The van der Waals surface area contributed by atoms with Crippen LogP contribution in [0.3, 0.4) is 0 Å². The standard InChI is InChI=1S/C20H18ClN3O2/c21-16-12(8-22-17-15(16)19(5-6-19)9-23-17)10-1-4-14-13(7-10)20(26,11-2-3-11)18(25)24-14/h1,4,7-8,11,26H,2-3,5-6,9H2,(H,22,23)(H,24,25)/t20-/m1/s1. The first kappa shape index (κ1) is 15.0. The Labute approximate surface area is 155 Å². The Morgan fingerprint density at radius 2 is 2.08 bits per heavy atom. The molecular weight excluding hydrogens is 350 g/mol. The molecule has 2 saturated carbocycles. The molecule has 4 aliphatic rings. The summed E-state index contributed by atoms with van der Waals surface area (Å²) in [5.41, 5.74) is 2.98. The number of fused-ring (bicyclic) bond motifs is 3. The van der Waals surface area contributed by atoms with Crippen molar-refractivity contribution in [1.82, 2.24) is 4.98 Å². The van der Waals surface area contributed by atoms with Crippen LogP contribution in [0.5, 0.6) is 0 Å². The van der Waals surface area contributed by atoms with Crippen molar-refractivity contribution in [2.45, 2.75) is 36.7 Å². The summed E-state index contributed by atoms with van der Waals surface area (Å²) in [5, 5.41) is 18.0. The highest BCUT2D eigenvalue weighted by atomic mass is 35.5. The van der Waals surface area contributed by atoms with Crippen molar-refractivity contribution >= 4 is 29.0 Å². The van der Waals surface area contributed by atoms with Crippen LogP contribution < -0.4 is 10.6 Å². The highest BCUT2D eigenvalue weighted by molar-refractivity contribution is 6.34. The molecule has 1 amide bonds. The van der Waals surface area contributed by atoms with Crippen molar-refractivity contribution < 1.29 is 9.90 Å². The third-order valence-corrected chi connectivity index (χ3v) is 6.89. The molecule has 1 spiro atoms. The molecule has 0 saturated heterocycles. The van der Waals surface area contributed by atoms with Gasteiger partial charge >= 0.3 is 0 Å². The molecule has 0 unspecified atom stereocenters. The van der Waals surface area contributed by atoms with Crippen molar-refractivity contribution in [2.75, 3.05) is 17.2 Å². The van der Waals surface area contributed by atoms with Gasteiger partial charge in [0.1, 0.15) is 5.82 Å². The second-order valence-corrected chi connectivity index (χ2v) is 8.48. The number of carbonyl (C=O) groups excluding carboxylic acids is 1. The Hall–Kier alpha value is -2.11. The van der Waals surface area contributed by atoms with Crippen LogP contribution in [0.25, 0.3) is 11.1 Å².